The van der Waals surface area contributed by atoms with Crippen LogP contribution in [0.15, 0.2) is 23.3 Å². The normalized spacial score (nSPS) is 18.2. The second-order valence-electron chi connectivity index (χ2n) is 8.05. The molecule has 0 radical (unpaired) electrons. The van der Waals surface area contributed by atoms with Crippen molar-refractivity contribution in [3.05, 3.63) is 34.4 Å². The van der Waals surface area contributed by atoms with Gasteiger partial charge in [-0.25, -0.2) is 0 Å². The number of ketones is 1. The number of carbonyl (C=O) groups is 1. The van der Waals surface area contributed by atoms with E-state index in [1.54, 1.807) is 40.6 Å². The molecule has 2 aromatic carbocycles. The topological polar surface area (TPSA) is 90.9 Å². The fourth-order valence-electron chi connectivity index (χ4n) is 4.56. The molecule has 35 heavy (non-hydrogen) atoms. The molecular formula is C26H26O9. The van der Waals surface area contributed by atoms with Crippen molar-refractivity contribution in [2.75, 3.05) is 42.0 Å². The maximum atomic E-state index is 13.5. The Hall–Kier alpha value is -4.01. The van der Waals surface area contributed by atoms with Gasteiger partial charge < -0.3 is 37.9 Å². The van der Waals surface area contributed by atoms with Gasteiger partial charge >= 0.3 is 0 Å². The molecule has 0 amide bonds. The van der Waals surface area contributed by atoms with Crippen LogP contribution in [0.3, 0.4) is 0 Å². The second-order valence-corrected chi connectivity index (χ2v) is 8.05. The average molecular weight is 482 g/mol. The van der Waals surface area contributed by atoms with Crippen molar-refractivity contribution in [1.82, 2.24) is 0 Å². The predicted octanol–water partition coefficient (Wildman–Crippen LogP) is 4.40. The molecule has 9 nitrogen and oxygen atoms in total. The van der Waals surface area contributed by atoms with E-state index in [9.17, 15) is 4.79 Å². The number of rotatable bonds is 6. The number of hydrogen-bond acceptors (Lipinski definition) is 9. The lowest BCUT2D eigenvalue weighted by atomic mass is 9.86. The molecule has 5 rings (SSSR count). The quantitative estimate of drug-likeness (QED) is 0.556. The van der Waals surface area contributed by atoms with E-state index in [4.69, 9.17) is 37.9 Å². The van der Waals surface area contributed by atoms with E-state index >= 15 is 0 Å². The highest BCUT2D eigenvalue weighted by atomic mass is 16.7. The van der Waals surface area contributed by atoms with E-state index in [0.29, 0.717) is 81.1 Å². The lowest BCUT2D eigenvalue weighted by Gasteiger charge is -2.19. The number of hydrogen-bond donors (Lipinski definition) is 0. The molecule has 0 N–H and O–H groups in total. The number of Topliss-reactive ketones (excluding diaryl/α,β-unsaturated/α-hetero) is 1. The highest BCUT2D eigenvalue weighted by Crippen LogP contribution is 2.51. The summed E-state index contributed by atoms with van der Waals surface area (Å²) in [7, 11) is 6.22. The monoisotopic (exact) mass is 482 g/mol. The van der Waals surface area contributed by atoms with Crippen molar-refractivity contribution in [2.24, 2.45) is 0 Å². The Bertz CT molecular complexity index is 1150. The number of methoxy groups -OCH3 is 4. The molecule has 1 fully saturated rings. The van der Waals surface area contributed by atoms with Gasteiger partial charge in [0.2, 0.25) is 36.6 Å². The van der Waals surface area contributed by atoms with Crippen molar-refractivity contribution >= 4 is 17.9 Å². The van der Waals surface area contributed by atoms with Crippen LogP contribution >= 0.6 is 0 Å². The summed E-state index contributed by atoms with van der Waals surface area (Å²) in [4.78, 5) is 13.5. The largest absolute Gasteiger partial charge is 0.493 e. The van der Waals surface area contributed by atoms with Crippen LogP contribution < -0.4 is 37.9 Å². The first-order valence-corrected chi connectivity index (χ1v) is 11.1. The van der Waals surface area contributed by atoms with Gasteiger partial charge in [0.05, 0.1) is 28.4 Å². The average Bonchev–Trinajstić information content (AvgIpc) is 3.55. The first-order chi connectivity index (χ1) is 17.1. The van der Waals surface area contributed by atoms with Crippen LogP contribution in [0.2, 0.25) is 0 Å². The van der Waals surface area contributed by atoms with Gasteiger partial charge in [-0.15, -0.1) is 0 Å². The number of carbonyl (C=O) groups excluding carboxylic acids is 1. The first-order valence-electron chi connectivity index (χ1n) is 11.1. The van der Waals surface area contributed by atoms with Crippen LogP contribution in [0.25, 0.3) is 12.2 Å². The third-order valence-corrected chi connectivity index (χ3v) is 6.17. The maximum Gasteiger partial charge on any atom is 0.231 e. The lowest BCUT2D eigenvalue weighted by molar-refractivity contribution is -0.112. The SMILES string of the molecule is COc1cc(/C=C2\CCC/C(=C\c3cc(OC)c4c(c3OC)OCO4)C2=O)c(OC)c2c1OCO2. The van der Waals surface area contributed by atoms with Gasteiger partial charge in [0, 0.05) is 22.3 Å². The maximum absolute atomic E-state index is 13.5. The summed E-state index contributed by atoms with van der Waals surface area (Å²) in [6.07, 6.45) is 5.75. The molecule has 2 aliphatic heterocycles. The fourth-order valence-corrected chi connectivity index (χ4v) is 4.56. The minimum absolute atomic E-state index is 0.0476. The molecule has 0 bridgehead atoms. The number of benzene rings is 2. The number of fused-ring (bicyclic) bond motifs is 2. The molecule has 1 saturated carbocycles. The molecule has 0 unspecified atom stereocenters. The standard InChI is InChI=1S/C26H26O9/c1-28-18-10-16(21(30-3)25-23(18)32-12-34-25)8-14-6-5-7-15(20(14)27)9-17-11-19(29-2)24-26(22(17)31-4)35-13-33-24/h8-11H,5-7,12-13H2,1-4H3/b14-8+,15-9+. The van der Waals surface area contributed by atoms with Gasteiger partial charge in [0.1, 0.15) is 0 Å². The molecule has 0 aromatic heterocycles. The summed E-state index contributed by atoms with van der Waals surface area (Å²) >= 11 is 0. The molecule has 1 aliphatic carbocycles. The Morgan fingerprint density at radius 2 is 1.09 bits per heavy atom. The van der Waals surface area contributed by atoms with Gasteiger partial charge in [-0.1, -0.05) is 0 Å². The van der Waals surface area contributed by atoms with Crippen LogP contribution in [0.1, 0.15) is 30.4 Å². The van der Waals surface area contributed by atoms with Crippen molar-refractivity contribution in [3.63, 3.8) is 0 Å². The molecule has 184 valence electrons. The summed E-state index contributed by atoms with van der Waals surface area (Å²) in [5.41, 5.74) is 2.68. The zero-order chi connectivity index (χ0) is 24.5. The molecule has 0 atom stereocenters. The molecular weight excluding hydrogens is 456 g/mol. The summed E-state index contributed by atoms with van der Waals surface area (Å²) in [6, 6.07) is 3.58. The Morgan fingerprint density at radius 3 is 1.49 bits per heavy atom. The minimum Gasteiger partial charge on any atom is -0.493 e. The first kappa shape index (κ1) is 22.8. The Balaban J connectivity index is 1.55. The molecule has 0 spiro atoms. The zero-order valence-corrected chi connectivity index (χ0v) is 20.0. The predicted molar refractivity (Wildman–Crippen MR) is 126 cm³/mol. The summed E-state index contributed by atoms with van der Waals surface area (Å²) in [5, 5.41) is 0. The van der Waals surface area contributed by atoms with Gasteiger partial charge in [0.25, 0.3) is 0 Å². The van der Waals surface area contributed by atoms with Crippen LogP contribution in [0, 0.1) is 0 Å². The van der Waals surface area contributed by atoms with Gasteiger partial charge in [-0.2, -0.15) is 0 Å². The van der Waals surface area contributed by atoms with Crippen molar-refractivity contribution < 1.29 is 42.7 Å². The number of allylic oxidation sites excluding steroid dienone is 2. The van der Waals surface area contributed by atoms with E-state index in [2.05, 4.69) is 0 Å². The summed E-state index contributed by atoms with van der Waals surface area (Å²) in [6.45, 7) is 0.156. The fraction of sp³-hybridized carbons (Fsp3) is 0.346. The Morgan fingerprint density at radius 1 is 0.657 bits per heavy atom. The van der Waals surface area contributed by atoms with E-state index in [1.807, 2.05) is 12.2 Å². The van der Waals surface area contributed by atoms with Crippen LogP contribution in [-0.2, 0) is 4.79 Å². The van der Waals surface area contributed by atoms with Crippen LogP contribution in [0.5, 0.6) is 46.0 Å². The third kappa shape index (κ3) is 3.86. The lowest BCUT2D eigenvalue weighted by Crippen LogP contribution is -2.12. The van der Waals surface area contributed by atoms with Gasteiger partial charge in [-0.3, -0.25) is 4.79 Å². The van der Waals surface area contributed by atoms with Gasteiger partial charge in [-0.05, 0) is 43.5 Å². The van der Waals surface area contributed by atoms with Crippen molar-refractivity contribution in [1.29, 1.82) is 0 Å². The summed E-state index contributed by atoms with van der Waals surface area (Å²) in [5.74, 6) is 3.90. The number of ether oxygens (including phenoxy) is 8. The van der Waals surface area contributed by atoms with E-state index < -0.39 is 0 Å². The Kier molecular flexibility index (Phi) is 6.07. The molecule has 3 aliphatic rings. The molecule has 2 heterocycles. The van der Waals surface area contributed by atoms with E-state index in [1.165, 1.54) is 0 Å². The van der Waals surface area contributed by atoms with Crippen molar-refractivity contribution in [2.45, 2.75) is 19.3 Å². The van der Waals surface area contributed by atoms with Crippen LogP contribution in [-0.4, -0.2) is 47.8 Å². The summed E-state index contributed by atoms with van der Waals surface area (Å²) < 4.78 is 44.4. The molecule has 0 saturated heterocycles. The Labute approximate surface area is 202 Å². The van der Waals surface area contributed by atoms with Crippen LogP contribution in [0.4, 0.5) is 0 Å². The van der Waals surface area contributed by atoms with Gasteiger partial charge in [0.15, 0.2) is 28.8 Å². The highest BCUT2D eigenvalue weighted by molar-refractivity contribution is 6.14. The minimum atomic E-state index is -0.0476. The molecule has 9 heteroatoms. The molecule has 2 aromatic rings. The highest BCUT2D eigenvalue weighted by Gasteiger charge is 2.30. The second kappa shape index (κ2) is 9.32. The smallest absolute Gasteiger partial charge is 0.231 e. The van der Waals surface area contributed by atoms with E-state index in [0.717, 1.165) is 6.42 Å². The van der Waals surface area contributed by atoms with E-state index in [-0.39, 0.29) is 19.4 Å². The third-order valence-electron chi connectivity index (χ3n) is 6.17. The zero-order valence-electron chi connectivity index (χ0n) is 20.0. The van der Waals surface area contributed by atoms with Crippen molar-refractivity contribution in [3.8, 4) is 46.0 Å².